The number of hydrogen-bond donors (Lipinski definition) is 2. The first-order valence-corrected chi connectivity index (χ1v) is 10.4. The molecule has 1 aromatic rings. The molecule has 1 fully saturated rings. The van der Waals surface area contributed by atoms with Crippen LogP contribution < -0.4 is 10.6 Å². The molecule has 8 nitrogen and oxygen atoms in total. The summed E-state index contributed by atoms with van der Waals surface area (Å²) in [5, 5.41) is 9.83. The highest BCUT2D eigenvalue weighted by Gasteiger charge is 2.36. The van der Waals surface area contributed by atoms with Gasteiger partial charge in [-0.3, -0.25) is 4.79 Å². The lowest BCUT2D eigenvalue weighted by molar-refractivity contribution is -0.132. The first kappa shape index (κ1) is 22.5. The zero-order valence-corrected chi connectivity index (χ0v) is 18.7. The Labute approximate surface area is 185 Å². The van der Waals surface area contributed by atoms with Gasteiger partial charge < -0.3 is 30.3 Å². The Morgan fingerprint density at radius 2 is 1.87 bits per heavy atom. The molecule has 30 heavy (non-hydrogen) atoms. The standard InChI is InChI=1S/C20H26Cl2N4O4/c1-20(2,3)30-19(29)25-8-6-24(7-9-25)14-5-4-12(10-13(14)23)11-26-17(27)15(21)16(22)18(26)28/h4-5,10,17,27H,6-9,11,23H2,1-3H3. The molecule has 2 aliphatic heterocycles. The van der Waals surface area contributed by atoms with Crippen LogP contribution in [0.1, 0.15) is 26.3 Å². The van der Waals surface area contributed by atoms with E-state index < -0.39 is 17.7 Å². The topological polar surface area (TPSA) is 99.3 Å². The number of hydrogen-bond acceptors (Lipinski definition) is 6. The van der Waals surface area contributed by atoms with Crippen LogP contribution in [-0.4, -0.2) is 64.9 Å². The third kappa shape index (κ3) is 4.77. The number of carbonyl (C=O) groups excluding carboxylic acids is 2. The summed E-state index contributed by atoms with van der Waals surface area (Å²) in [7, 11) is 0. The Hall–Kier alpha value is -2.16. The van der Waals surface area contributed by atoms with Crippen molar-refractivity contribution >= 4 is 46.6 Å². The summed E-state index contributed by atoms with van der Waals surface area (Å²) in [6.07, 6.45) is -1.57. The summed E-state index contributed by atoms with van der Waals surface area (Å²) < 4.78 is 5.42. The van der Waals surface area contributed by atoms with Gasteiger partial charge in [-0.25, -0.2) is 4.79 Å². The summed E-state index contributed by atoms with van der Waals surface area (Å²) in [6.45, 7) is 7.98. The van der Waals surface area contributed by atoms with Gasteiger partial charge in [0, 0.05) is 32.7 Å². The number of benzene rings is 1. The second-order valence-corrected chi connectivity index (χ2v) is 9.10. The number of aliphatic hydroxyl groups excluding tert-OH is 1. The lowest BCUT2D eigenvalue weighted by Crippen LogP contribution is -2.50. The van der Waals surface area contributed by atoms with Gasteiger partial charge in [0.2, 0.25) is 0 Å². The van der Waals surface area contributed by atoms with E-state index in [0.29, 0.717) is 31.9 Å². The van der Waals surface area contributed by atoms with Gasteiger partial charge in [0.05, 0.1) is 16.4 Å². The molecule has 0 bridgehead atoms. The SMILES string of the molecule is CC(C)(C)OC(=O)N1CCN(c2ccc(CN3C(=O)C(Cl)=C(Cl)C3O)cc2N)CC1. The van der Waals surface area contributed by atoms with E-state index in [1.165, 1.54) is 4.90 Å². The molecule has 1 saturated heterocycles. The lowest BCUT2D eigenvalue weighted by Gasteiger charge is -2.37. The second-order valence-electron chi connectivity index (χ2n) is 8.32. The number of ether oxygens (including phenoxy) is 1. The molecule has 0 spiro atoms. The molecule has 0 radical (unpaired) electrons. The molecule has 164 valence electrons. The maximum atomic E-state index is 12.2. The minimum absolute atomic E-state index is 0.0749. The maximum Gasteiger partial charge on any atom is 0.410 e. The van der Waals surface area contributed by atoms with Gasteiger partial charge in [-0.2, -0.15) is 0 Å². The van der Waals surface area contributed by atoms with Crippen molar-refractivity contribution in [2.45, 2.75) is 39.1 Å². The first-order chi connectivity index (χ1) is 14.0. The van der Waals surface area contributed by atoms with E-state index in [-0.39, 0.29) is 22.7 Å². The minimum Gasteiger partial charge on any atom is -0.444 e. The first-order valence-electron chi connectivity index (χ1n) is 9.63. The predicted octanol–water partition coefficient (Wildman–Crippen LogP) is 2.68. The average molecular weight is 457 g/mol. The number of halogens is 2. The predicted molar refractivity (Wildman–Crippen MR) is 116 cm³/mol. The number of anilines is 2. The Morgan fingerprint density at radius 1 is 1.23 bits per heavy atom. The quantitative estimate of drug-likeness (QED) is 0.678. The molecule has 1 aromatic carbocycles. The molecule has 2 amide bonds. The van der Waals surface area contributed by atoms with Crippen LogP contribution in [0.3, 0.4) is 0 Å². The lowest BCUT2D eigenvalue weighted by atomic mass is 10.1. The zero-order valence-electron chi connectivity index (χ0n) is 17.2. The number of nitrogen functional groups attached to an aromatic ring is 1. The number of nitrogens with zero attached hydrogens (tertiary/aromatic N) is 3. The van der Waals surface area contributed by atoms with Gasteiger partial charge in [-0.05, 0) is 38.5 Å². The van der Waals surface area contributed by atoms with Crippen LogP contribution in [-0.2, 0) is 16.1 Å². The van der Waals surface area contributed by atoms with Crippen molar-refractivity contribution in [2.24, 2.45) is 0 Å². The van der Waals surface area contributed by atoms with Crippen molar-refractivity contribution in [1.82, 2.24) is 9.80 Å². The highest BCUT2D eigenvalue weighted by atomic mass is 35.5. The van der Waals surface area contributed by atoms with Crippen molar-refractivity contribution in [3.63, 3.8) is 0 Å². The minimum atomic E-state index is -1.26. The third-order valence-corrected chi connectivity index (χ3v) is 5.74. The largest absolute Gasteiger partial charge is 0.444 e. The van der Waals surface area contributed by atoms with Crippen molar-refractivity contribution < 1.29 is 19.4 Å². The summed E-state index contributed by atoms with van der Waals surface area (Å²) in [6, 6.07) is 5.47. The molecule has 0 saturated carbocycles. The van der Waals surface area contributed by atoms with Crippen molar-refractivity contribution in [3.8, 4) is 0 Å². The Morgan fingerprint density at radius 3 is 2.37 bits per heavy atom. The fourth-order valence-electron chi connectivity index (χ4n) is 3.39. The molecule has 1 atom stereocenters. The van der Waals surface area contributed by atoms with Gasteiger partial charge in [0.1, 0.15) is 10.6 Å². The summed E-state index contributed by atoms with van der Waals surface area (Å²) in [4.78, 5) is 29.3. The van der Waals surface area contributed by atoms with Crippen molar-refractivity contribution in [3.05, 3.63) is 33.8 Å². The number of rotatable bonds is 3. The van der Waals surface area contributed by atoms with E-state index in [4.69, 9.17) is 33.7 Å². The van der Waals surface area contributed by atoms with Gasteiger partial charge >= 0.3 is 6.09 Å². The Bertz CT molecular complexity index is 876. The van der Waals surface area contributed by atoms with E-state index in [1.54, 1.807) is 11.0 Å². The number of carbonyl (C=O) groups is 2. The molecule has 3 rings (SSSR count). The normalized spacial score (nSPS) is 20.3. The van der Waals surface area contributed by atoms with E-state index in [2.05, 4.69) is 4.90 Å². The average Bonchev–Trinajstić information content (AvgIpc) is 2.85. The summed E-state index contributed by atoms with van der Waals surface area (Å²) in [5.41, 5.74) is 7.87. The smallest absolute Gasteiger partial charge is 0.410 e. The third-order valence-electron chi connectivity index (χ3n) is 4.90. The highest BCUT2D eigenvalue weighted by Crippen LogP contribution is 2.32. The van der Waals surface area contributed by atoms with Crippen LogP contribution in [0.15, 0.2) is 28.3 Å². The Balaban J connectivity index is 1.62. The molecule has 2 heterocycles. The molecule has 0 aliphatic carbocycles. The summed E-state index contributed by atoms with van der Waals surface area (Å²) >= 11 is 11.7. The Kier molecular flexibility index (Phi) is 6.40. The summed E-state index contributed by atoms with van der Waals surface area (Å²) in [5.74, 6) is -0.518. The van der Waals surface area contributed by atoms with Crippen LogP contribution in [0.4, 0.5) is 16.2 Å². The molecule has 0 aromatic heterocycles. The molecule has 2 aliphatic rings. The molecule has 10 heteroatoms. The molecular formula is C20H26Cl2N4O4. The fraction of sp³-hybridized carbons (Fsp3) is 0.500. The molecular weight excluding hydrogens is 431 g/mol. The van der Waals surface area contributed by atoms with Gasteiger partial charge in [-0.15, -0.1) is 0 Å². The van der Waals surface area contributed by atoms with E-state index >= 15 is 0 Å². The number of amides is 2. The van der Waals surface area contributed by atoms with Crippen LogP contribution in [0.25, 0.3) is 0 Å². The van der Waals surface area contributed by atoms with Crippen molar-refractivity contribution in [2.75, 3.05) is 36.8 Å². The van der Waals surface area contributed by atoms with Crippen LogP contribution >= 0.6 is 23.2 Å². The molecule has 3 N–H and O–H groups in total. The van der Waals surface area contributed by atoms with E-state index in [0.717, 1.165) is 11.3 Å². The van der Waals surface area contributed by atoms with Gasteiger partial charge in [0.25, 0.3) is 5.91 Å². The van der Waals surface area contributed by atoms with Crippen LogP contribution in [0.5, 0.6) is 0 Å². The molecule has 1 unspecified atom stereocenters. The van der Waals surface area contributed by atoms with Gasteiger partial charge in [0.15, 0.2) is 6.23 Å². The number of piperazine rings is 1. The number of aliphatic hydroxyl groups is 1. The maximum absolute atomic E-state index is 12.2. The number of nitrogens with two attached hydrogens (primary N) is 1. The zero-order chi connectivity index (χ0) is 22.2. The monoisotopic (exact) mass is 456 g/mol. The van der Waals surface area contributed by atoms with E-state index in [1.807, 2.05) is 32.9 Å². The van der Waals surface area contributed by atoms with Crippen LogP contribution in [0, 0.1) is 0 Å². The second kappa shape index (κ2) is 8.53. The van der Waals surface area contributed by atoms with E-state index in [9.17, 15) is 14.7 Å². The van der Waals surface area contributed by atoms with Crippen LogP contribution in [0.2, 0.25) is 0 Å². The van der Waals surface area contributed by atoms with Gasteiger partial charge in [-0.1, -0.05) is 29.3 Å². The fourth-order valence-corrected chi connectivity index (χ4v) is 3.80. The highest BCUT2D eigenvalue weighted by molar-refractivity contribution is 6.49. The van der Waals surface area contributed by atoms with Crippen molar-refractivity contribution in [1.29, 1.82) is 0 Å².